The van der Waals surface area contributed by atoms with Gasteiger partial charge < -0.3 is 15.4 Å². The van der Waals surface area contributed by atoms with Crippen LogP contribution in [0.1, 0.15) is 10.4 Å². The Morgan fingerprint density at radius 2 is 1.79 bits per heavy atom. The number of amides is 2. The molecular formula is C17H12ClF2N3O6. The number of benzene rings is 2. The zero-order valence-corrected chi connectivity index (χ0v) is 15.2. The fraction of sp³-hybridized carbons (Fsp3) is 0.118. The second kappa shape index (κ2) is 9.55. The van der Waals surface area contributed by atoms with Crippen LogP contribution in [-0.2, 0) is 14.3 Å². The molecule has 0 saturated heterocycles. The molecule has 0 aromatic heterocycles. The van der Waals surface area contributed by atoms with Gasteiger partial charge in [0, 0.05) is 22.8 Å². The fourth-order valence-corrected chi connectivity index (χ4v) is 2.22. The molecule has 0 atom stereocenters. The van der Waals surface area contributed by atoms with Gasteiger partial charge in [0.25, 0.3) is 11.6 Å². The van der Waals surface area contributed by atoms with E-state index >= 15 is 0 Å². The van der Waals surface area contributed by atoms with E-state index in [0.29, 0.717) is 0 Å². The van der Waals surface area contributed by atoms with Crippen LogP contribution in [0.5, 0.6) is 0 Å². The average molecular weight is 428 g/mol. The Morgan fingerprint density at radius 3 is 2.45 bits per heavy atom. The van der Waals surface area contributed by atoms with Crippen LogP contribution in [0.3, 0.4) is 0 Å². The maximum atomic E-state index is 13.1. The largest absolute Gasteiger partial charge is 0.452 e. The molecule has 2 aromatic rings. The first-order valence-corrected chi connectivity index (χ1v) is 8.18. The molecule has 0 bridgehead atoms. The lowest BCUT2D eigenvalue weighted by molar-refractivity contribution is -0.385. The van der Waals surface area contributed by atoms with E-state index in [0.717, 1.165) is 30.3 Å². The smallest absolute Gasteiger partial charge is 0.345 e. The van der Waals surface area contributed by atoms with Crippen LogP contribution in [0, 0.1) is 21.7 Å². The van der Waals surface area contributed by atoms with E-state index in [9.17, 15) is 33.3 Å². The Bertz CT molecular complexity index is 986. The van der Waals surface area contributed by atoms with Gasteiger partial charge in [0.15, 0.2) is 18.2 Å². The normalized spacial score (nSPS) is 10.2. The molecule has 0 aliphatic rings. The second-order valence-electron chi connectivity index (χ2n) is 5.45. The lowest BCUT2D eigenvalue weighted by Crippen LogP contribution is -2.35. The molecule has 0 fully saturated rings. The highest BCUT2D eigenvalue weighted by molar-refractivity contribution is 6.31. The number of hydrogen-bond donors (Lipinski definition) is 2. The predicted octanol–water partition coefficient (Wildman–Crippen LogP) is 2.44. The molecule has 12 heteroatoms. The van der Waals surface area contributed by atoms with E-state index in [2.05, 4.69) is 15.4 Å². The number of ether oxygens (including phenoxy) is 1. The van der Waals surface area contributed by atoms with Crippen molar-refractivity contribution in [1.82, 2.24) is 5.32 Å². The van der Waals surface area contributed by atoms with Gasteiger partial charge in [0.2, 0.25) is 5.91 Å². The van der Waals surface area contributed by atoms with Crippen LogP contribution < -0.4 is 10.6 Å². The number of anilines is 1. The number of rotatable bonds is 7. The Hall–Kier alpha value is -3.60. The summed E-state index contributed by atoms with van der Waals surface area (Å²) in [6.07, 6.45) is 0. The molecule has 0 radical (unpaired) electrons. The van der Waals surface area contributed by atoms with Crippen molar-refractivity contribution < 1.29 is 32.8 Å². The molecule has 0 unspecified atom stereocenters. The third-order valence-electron chi connectivity index (χ3n) is 3.36. The number of nitro benzene ring substituents is 1. The van der Waals surface area contributed by atoms with E-state index in [-0.39, 0.29) is 10.7 Å². The summed E-state index contributed by atoms with van der Waals surface area (Å²) in [6.45, 7) is -1.37. The molecule has 2 aromatic carbocycles. The van der Waals surface area contributed by atoms with E-state index < -0.39 is 58.7 Å². The summed E-state index contributed by atoms with van der Waals surface area (Å²) in [7, 11) is 0. The minimum atomic E-state index is -1.16. The van der Waals surface area contributed by atoms with Crippen LogP contribution in [0.15, 0.2) is 36.4 Å². The molecule has 0 aliphatic heterocycles. The number of nitrogens with one attached hydrogen (secondary N) is 2. The third kappa shape index (κ3) is 6.21. The highest BCUT2D eigenvalue weighted by atomic mass is 35.5. The van der Waals surface area contributed by atoms with Gasteiger partial charge in [-0.05, 0) is 24.3 Å². The van der Waals surface area contributed by atoms with Crippen LogP contribution in [-0.4, -0.2) is 35.9 Å². The molecule has 0 saturated carbocycles. The topological polar surface area (TPSA) is 128 Å². The maximum Gasteiger partial charge on any atom is 0.345 e. The minimum Gasteiger partial charge on any atom is -0.452 e. The lowest BCUT2D eigenvalue weighted by Gasteiger charge is -2.08. The van der Waals surface area contributed by atoms with E-state index in [1.807, 2.05) is 0 Å². The lowest BCUT2D eigenvalue weighted by atomic mass is 10.2. The standard InChI is InChI=1S/C17H12ClF2N3O6/c18-9-1-4-14(23(27)28)11(5-9)17(26)29-8-16(25)21-7-15(24)22-10-2-3-12(19)13(20)6-10/h1-6H,7-8H2,(H,21,25)(H,22,24). The van der Waals surface area contributed by atoms with Crippen molar-refractivity contribution in [3.05, 3.63) is 68.7 Å². The Labute approximate surface area is 166 Å². The van der Waals surface area contributed by atoms with Crippen LogP contribution in [0.25, 0.3) is 0 Å². The van der Waals surface area contributed by atoms with Crippen molar-refractivity contribution in [1.29, 1.82) is 0 Å². The average Bonchev–Trinajstić information content (AvgIpc) is 2.67. The van der Waals surface area contributed by atoms with Gasteiger partial charge in [-0.25, -0.2) is 13.6 Å². The number of carbonyl (C=O) groups excluding carboxylic acids is 3. The zero-order chi connectivity index (χ0) is 21.6. The predicted molar refractivity (Wildman–Crippen MR) is 96.4 cm³/mol. The summed E-state index contributed by atoms with van der Waals surface area (Å²) in [4.78, 5) is 45.4. The maximum absolute atomic E-state index is 13.1. The number of nitrogens with zero attached hydrogens (tertiary/aromatic N) is 1. The van der Waals surface area contributed by atoms with Gasteiger partial charge in [0.1, 0.15) is 5.56 Å². The van der Waals surface area contributed by atoms with Crippen molar-refractivity contribution >= 4 is 40.8 Å². The first kappa shape index (κ1) is 21.7. The Kier molecular flexibility index (Phi) is 7.15. The molecule has 2 rings (SSSR count). The SMILES string of the molecule is O=C(COC(=O)c1cc(Cl)ccc1[N+](=O)[O-])NCC(=O)Nc1ccc(F)c(F)c1. The highest BCUT2D eigenvalue weighted by Crippen LogP contribution is 2.23. The van der Waals surface area contributed by atoms with Gasteiger partial charge in [-0.2, -0.15) is 0 Å². The van der Waals surface area contributed by atoms with Crippen molar-refractivity contribution in [2.45, 2.75) is 0 Å². The van der Waals surface area contributed by atoms with E-state index in [4.69, 9.17) is 11.6 Å². The van der Waals surface area contributed by atoms with Crippen molar-refractivity contribution in [2.75, 3.05) is 18.5 Å². The Morgan fingerprint density at radius 1 is 1.07 bits per heavy atom. The van der Waals surface area contributed by atoms with Gasteiger partial charge in [-0.15, -0.1) is 0 Å². The molecule has 2 N–H and O–H groups in total. The molecule has 0 heterocycles. The summed E-state index contributed by atoms with van der Waals surface area (Å²) in [5, 5.41) is 15.3. The number of carbonyl (C=O) groups is 3. The quantitative estimate of drug-likeness (QED) is 0.397. The van der Waals surface area contributed by atoms with Gasteiger partial charge in [-0.1, -0.05) is 11.6 Å². The Balaban J connectivity index is 1.84. The molecule has 9 nitrogen and oxygen atoms in total. The molecular weight excluding hydrogens is 416 g/mol. The first-order valence-electron chi connectivity index (χ1n) is 7.80. The van der Waals surface area contributed by atoms with E-state index in [1.54, 1.807) is 0 Å². The van der Waals surface area contributed by atoms with Crippen LogP contribution in [0.4, 0.5) is 20.2 Å². The fourth-order valence-electron chi connectivity index (χ4n) is 2.05. The number of nitro groups is 1. The summed E-state index contributed by atoms with van der Waals surface area (Å²) in [5.74, 6) is -5.02. The first-order chi connectivity index (χ1) is 13.7. The van der Waals surface area contributed by atoms with Crippen molar-refractivity contribution in [2.24, 2.45) is 0 Å². The summed E-state index contributed by atoms with van der Waals surface area (Å²) in [5.41, 5.74) is -1.01. The van der Waals surface area contributed by atoms with Gasteiger partial charge >= 0.3 is 5.97 Å². The van der Waals surface area contributed by atoms with Crippen LogP contribution in [0.2, 0.25) is 5.02 Å². The molecule has 2 amide bonds. The van der Waals surface area contributed by atoms with Crippen molar-refractivity contribution in [3.8, 4) is 0 Å². The van der Waals surface area contributed by atoms with Crippen LogP contribution >= 0.6 is 11.6 Å². The second-order valence-corrected chi connectivity index (χ2v) is 5.88. The molecule has 0 spiro atoms. The summed E-state index contributed by atoms with van der Waals surface area (Å²) < 4.78 is 30.6. The third-order valence-corrected chi connectivity index (χ3v) is 3.59. The minimum absolute atomic E-state index is 0.0251. The molecule has 152 valence electrons. The van der Waals surface area contributed by atoms with Gasteiger partial charge in [0.05, 0.1) is 11.5 Å². The molecule has 29 heavy (non-hydrogen) atoms. The number of halogens is 3. The molecule has 0 aliphatic carbocycles. The number of esters is 1. The summed E-state index contributed by atoms with van der Waals surface area (Å²) >= 11 is 5.70. The monoisotopic (exact) mass is 427 g/mol. The van der Waals surface area contributed by atoms with E-state index in [1.165, 1.54) is 6.07 Å². The zero-order valence-electron chi connectivity index (χ0n) is 14.4. The number of hydrogen-bond acceptors (Lipinski definition) is 6. The van der Waals surface area contributed by atoms with Crippen molar-refractivity contribution in [3.63, 3.8) is 0 Å². The highest BCUT2D eigenvalue weighted by Gasteiger charge is 2.22. The summed E-state index contributed by atoms with van der Waals surface area (Å²) in [6, 6.07) is 5.95. The van der Waals surface area contributed by atoms with Gasteiger partial charge in [-0.3, -0.25) is 19.7 Å².